The Balaban J connectivity index is 2.08. The van der Waals surface area contributed by atoms with Gasteiger partial charge in [-0.05, 0) is 18.2 Å². The predicted molar refractivity (Wildman–Crippen MR) is 102 cm³/mol. The van der Waals surface area contributed by atoms with E-state index in [0.717, 1.165) is 4.68 Å². The van der Waals surface area contributed by atoms with E-state index in [-0.39, 0.29) is 27.6 Å². The first kappa shape index (κ1) is 19.3. The molecular formula is C18H17Cl2N3O4. The van der Waals surface area contributed by atoms with Crippen LogP contribution in [0.2, 0.25) is 10.0 Å². The van der Waals surface area contributed by atoms with Crippen LogP contribution in [0.15, 0.2) is 39.5 Å². The highest BCUT2D eigenvalue weighted by atomic mass is 35.5. The second-order valence-electron chi connectivity index (χ2n) is 6.67. The molecule has 0 atom stereocenters. The summed E-state index contributed by atoms with van der Waals surface area (Å²) >= 11 is 12.4. The maximum Gasteiger partial charge on any atom is 0.443 e. The first-order chi connectivity index (χ1) is 12.7. The van der Waals surface area contributed by atoms with Gasteiger partial charge in [0.1, 0.15) is 5.02 Å². The number of aromatic nitrogens is 3. The molecule has 0 aliphatic rings. The maximum atomic E-state index is 12.2. The quantitative estimate of drug-likeness (QED) is 0.624. The highest BCUT2D eigenvalue weighted by Crippen LogP contribution is 2.36. The number of nitrogens with zero attached hydrogens (tertiary/aromatic N) is 3. The third-order valence-corrected chi connectivity index (χ3v) is 4.09. The van der Waals surface area contributed by atoms with Gasteiger partial charge >= 0.3 is 5.76 Å². The lowest BCUT2D eigenvalue weighted by molar-refractivity contribution is 0.373. The topological polar surface area (TPSA) is 79.4 Å². The summed E-state index contributed by atoms with van der Waals surface area (Å²) in [5.41, 5.74) is -0.458. The van der Waals surface area contributed by atoms with E-state index in [1.165, 1.54) is 13.2 Å². The molecule has 3 rings (SSSR count). The zero-order valence-electron chi connectivity index (χ0n) is 15.1. The summed E-state index contributed by atoms with van der Waals surface area (Å²) in [4.78, 5) is 16.5. The molecule has 7 nitrogen and oxygen atoms in total. The molecule has 0 radical (unpaired) electrons. The fourth-order valence-corrected chi connectivity index (χ4v) is 2.66. The minimum absolute atomic E-state index is 0.0489. The number of hydrogen-bond donors (Lipinski definition) is 0. The van der Waals surface area contributed by atoms with Gasteiger partial charge in [0.2, 0.25) is 11.8 Å². The van der Waals surface area contributed by atoms with Gasteiger partial charge < -0.3 is 13.9 Å². The predicted octanol–water partition coefficient (Wildman–Crippen LogP) is 4.63. The van der Waals surface area contributed by atoms with Crippen molar-refractivity contribution in [2.45, 2.75) is 26.2 Å². The molecule has 3 aromatic rings. The van der Waals surface area contributed by atoms with E-state index in [1.54, 1.807) is 24.3 Å². The number of methoxy groups -OCH3 is 1. The minimum atomic E-state index is -0.708. The van der Waals surface area contributed by atoms with Crippen LogP contribution in [-0.2, 0) is 5.41 Å². The van der Waals surface area contributed by atoms with Crippen molar-refractivity contribution in [3.8, 4) is 23.2 Å². The molecule has 27 heavy (non-hydrogen) atoms. The average Bonchev–Trinajstić information content (AvgIpc) is 2.99. The van der Waals surface area contributed by atoms with Gasteiger partial charge in [-0.1, -0.05) is 56.1 Å². The van der Waals surface area contributed by atoms with Crippen LogP contribution < -0.4 is 15.2 Å². The van der Waals surface area contributed by atoms with Gasteiger partial charge in [0.15, 0.2) is 17.3 Å². The first-order valence-electron chi connectivity index (χ1n) is 7.98. The monoisotopic (exact) mass is 409 g/mol. The summed E-state index contributed by atoms with van der Waals surface area (Å²) in [5, 5.41) is 4.49. The van der Waals surface area contributed by atoms with Crippen molar-refractivity contribution in [1.82, 2.24) is 14.8 Å². The van der Waals surface area contributed by atoms with E-state index in [4.69, 9.17) is 37.1 Å². The Bertz CT molecular complexity index is 1040. The van der Waals surface area contributed by atoms with Gasteiger partial charge in [-0.25, -0.2) is 4.79 Å². The summed E-state index contributed by atoms with van der Waals surface area (Å²) in [5.74, 6) is 0.557. The second kappa shape index (κ2) is 7.25. The summed E-state index contributed by atoms with van der Waals surface area (Å²) in [6.45, 7) is 5.61. The van der Waals surface area contributed by atoms with E-state index in [9.17, 15) is 4.79 Å². The van der Waals surface area contributed by atoms with Crippen LogP contribution in [0, 0.1) is 0 Å². The Morgan fingerprint density at radius 3 is 2.37 bits per heavy atom. The summed E-state index contributed by atoms with van der Waals surface area (Å²) in [6.07, 6.45) is 0. The molecular weight excluding hydrogens is 393 g/mol. The molecule has 0 aliphatic heterocycles. The summed E-state index contributed by atoms with van der Waals surface area (Å²) < 4.78 is 17.2. The molecule has 0 spiro atoms. The van der Waals surface area contributed by atoms with Crippen LogP contribution in [0.3, 0.4) is 0 Å². The molecule has 2 aromatic heterocycles. The van der Waals surface area contributed by atoms with Crippen LogP contribution in [-0.4, -0.2) is 21.9 Å². The van der Waals surface area contributed by atoms with Crippen molar-refractivity contribution in [2.24, 2.45) is 0 Å². The number of hydrogen-bond acceptors (Lipinski definition) is 6. The Labute approximate surface area is 165 Å². The normalized spacial score (nSPS) is 11.5. The molecule has 0 N–H and O–H groups in total. The molecule has 2 heterocycles. The number of pyridine rings is 1. The highest BCUT2D eigenvalue weighted by Gasteiger charge is 2.25. The Morgan fingerprint density at radius 1 is 1.11 bits per heavy atom. The molecule has 0 fully saturated rings. The Morgan fingerprint density at radius 2 is 1.78 bits per heavy atom. The van der Waals surface area contributed by atoms with E-state index in [0.29, 0.717) is 11.5 Å². The lowest BCUT2D eigenvalue weighted by Crippen LogP contribution is -2.16. The standard InChI is InChI=1S/C18H17Cl2N3O4/c1-18(2,3)16-22-23(17(24)27-16)14-10(19)9-11(20)15(21-14)26-13-8-6-5-7-12(13)25-4/h5-9H,1-4H3. The number of halogens is 2. The molecule has 0 amide bonds. The Kier molecular flexibility index (Phi) is 5.17. The molecule has 0 bridgehead atoms. The van der Waals surface area contributed by atoms with Crippen molar-refractivity contribution in [3.63, 3.8) is 0 Å². The molecule has 0 saturated heterocycles. The van der Waals surface area contributed by atoms with Gasteiger partial charge in [-0.2, -0.15) is 4.98 Å². The SMILES string of the molecule is COc1ccccc1Oc1nc(-n2nc(C(C)(C)C)oc2=O)c(Cl)cc1Cl. The Hall–Kier alpha value is -2.51. The van der Waals surface area contributed by atoms with E-state index in [2.05, 4.69) is 10.1 Å². The summed E-state index contributed by atoms with van der Waals surface area (Å²) in [7, 11) is 1.52. The number of rotatable bonds is 4. The number of benzene rings is 1. The molecule has 9 heteroatoms. The molecule has 0 aliphatic carbocycles. The fourth-order valence-electron chi connectivity index (χ4n) is 2.18. The lowest BCUT2D eigenvalue weighted by atomic mass is 9.97. The van der Waals surface area contributed by atoms with Crippen LogP contribution in [0.1, 0.15) is 26.7 Å². The van der Waals surface area contributed by atoms with Crippen LogP contribution in [0.25, 0.3) is 5.82 Å². The van der Waals surface area contributed by atoms with Crippen LogP contribution >= 0.6 is 23.2 Å². The van der Waals surface area contributed by atoms with Gasteiger partial charge in [0.25, 0.3) is 0 Å². The minimum Gasteiger partial charge on any atom is -0.493 e. The maximum absolute atomic E-state index is 12.2. The van der Waals surface area contributed by atoms with Gasteiger partial charge in [-0.15, -0.1) is 9.78 Å². The van der Waals surface area contributed by atoms with Crippen molar-refractivity contribution in [1.29, 1.82) is 0 Å². The molecule has 0 saturated carbocycles. The summed E-state index contributed by atoms with van der Waals surface area (Å²) in [6, 6.07) is 8.44. The number of ether oxygens (including phenoxy) is 2. The van der Waals surface area contributed by atoms with Crippen molar-refractivity contribution < 1.29 is 13.9 Å². The van der Waals surface area contributed by atoms with Gasteiger partial charge in [0, 0.05) is 5.41 Å². The third-order valence-electron chi connectivity index (χ3n) is 3.54. The van der Waals surface area contributed by atoms with Crippen LogP contribution in [0.5, 0.6) is 17.4 Å². The van der Waals surface area contributed by atoms with Crippen molar-refractivity contribution >= 4 is 23.2 Å². The second-order valence-corrected chi connectivity index (χ2v) is 7.48. The zero-order chi connectivity index (χ0) is 19.8. The first-order valence-corrected chi connectivity index (χ1v) is 8.74. The zero-order valence-corrected chi connectivity index (χ0v) is 16.6. The smallest absolute Gasteiger partial charge is 0.443 e. The number of para-hydroxylation sites is 2. The fraction of sp³-hybridized carbons (Fsp3) is 0.278. The average molecular weight is 410 g/mol. The van der Waals surface area contributed by atoms with E-state index >= 15 is 0 Å². The lowest BCUT2D eigenvalue weighted by Gasteiger charge is -2.12. The van der Waals surface area contributed by atoms with E-state index < -0.39 is 11.2 Å². The molecule has 1 aromatic carbocycles. The highest BCUT2D eigenvalue weighted by molar-refractivity contribution is 6.36. The van der Waals surface area contributed by atoms with Crippen molar-refractivity contribution in [3.05, 3.63) is 56.8 Å². The van der Waals surface area contributed by atoms with Gasteiger partial charge in [-0.3, -0.25) is 0 Å². The third kappa shape index (κ3) is 3.94. The van der Waals surface area contributed by atoms with E-state index in [1.807, 2.05) is 20.8 Å². The van der Waals surface area contributed by atoms with Gasteiger partial charge in [0.05, 0.1) is 12.1 Å². The van der Waals surface area contributed by atoms with Crippen molar-refractivity contribution in [2.75, 3.05) is 7.11 Å². The molecule has 0 unspecified atom stereocenters. The largest absolute Gasteiger partial charge is 0.493 e. The molecule has 142 valence electrons. The van der Waals surface area contributed by atoms with Crippen LogP contribution in [0.4, 0.5) is 0 Å².